The first-order chi connectivity index (χ1) is 25.4. The molecule has 0 bridgehead atoms. The van der Waals surface area contributed by atoms with Crippen LogP contribution in [0.3, 0.4) is 0 Å². The van der Waals surface area contributed by atoms with E-state index in [0.29, 0.717) is 56.5 Å². The number of benzene rings is 3. The van der Waals surface area contributed by atoms with Crippen molar-refractivity contribution < 1.29 is 14.3 Å². The normalized spacial score (nSPS) is 11.9. The molecule has 3 rings (SSSR count). The predicted octanol–water partition coefficient (Wildman–Crippen LogP) is 1.03. The number of nitrogens with zero attached hydrogens (tertiary/aromatic N) is 4. The molecule has 0 heterocycles. The van der Waals surface area contributed by atoms with Gasteiger partial charge in [0.15, 0.2) is 0 Å². The number of hydrogen-bond acceptors (Lipinski definition) is 11. The number of nitrogens with two attached hydrogens (primary N) is 4. The second kappa shape index (κ2) is 18.4. The number of hydrazone groups is 4. The van der Waals surface area contributed by atoms with E-state index in [9.17, 15) is 9.59 Å². The Morgan fingerprint density at radius 1 is 0.481 bits per heavy atom. The molecule has 0 fully saturated rings. The van der Waals surface area contributed by atoms with Gasteiger partial charge in [-0.15, -0.1) is 0 Å². The van der Waals surface area contributed by atoms with E-state index in [1.807, 2.05) is 0 Å². The molecule has 0 aliphatic carbocycles. The first-order valence-corrected chi connectivity index (χ1v) is 15.7. The van der Waals surface area contributed by atoms with Crippen molar-refractivity contribution in [2.45, 2.75) is 27.7 Å². The number of anilines is 2. The van der Waals surface area contributed by atoms with Gasteiger partial charge in [0.25, 0.3) is 11.8 Å². The molecule has 0 radical (unpaired) electrons. The molecule has 18 N–H and O–H groups in total. The molecule has 0 unspecified atom stereocenters. The lowest BCUT2D eigenvalue weighted by molar-refractivity contribution is 0.102. The standard InChI is InChI=1S/C33H42N18O3/c1-15(44-48-30(34)35)19-6-20(16(2)45-49-31(36)37)10-25(9-19)42-28(52)23-8-24(14-27(13-23)54-5)29(53)43-26-11-21(17(3)46-50-32(38)39)7-22(12-26)18(4)47-51-33(40)41/h6-14H,1-5H3,(H,42,52)(H,43,53)(H4,34,35,48)(H4,36,37,49)(H4,38,39,50)(H4,40,41,51)/b44-15-,45-16-,46-17-,47-18+. The Bertz CT molecular complexity index is 1870. The monoisotopic (exact) mass is 738 g/mol. The second-order valence-corrected chi connectivity index (χ2v) is 11.3. The summed E-state index contributed by atoms with van der Waals surface area (Å²) in [7, 11) is 1.40. The third-order valence-corrected chi connectivity index (χ3v) is 7.10. The molecule has 282 valence electrons. The molecule has 21 heteroatoms. The Morgan fingerprint density at radius 2 is 0.741 bits per heavy atom. The van der Waals surface area contributed by atoms with Crippen LogP contribution in [-0.2, 0) is 0 Å². The molecule has 21 nitrogen and oxygen atoms in total. The van der Waals surface area contributed by atoms with E-state index in [2.05, 4.69) is 52.7 Å². The number of nitrogens with one attached hydrogen (secondary N) is 10. The molecule has 2 amide bonds. The smallest absolute Gasteiger partial charge is 0.255 e. The van der Waals surface area contributed by atoms with E-state index < -0.39 is 11.8 Å². The molecule has 0 saturated heterocycles. The summed E-state index contributed by atoms with van der Waals surface area (Å²) < 4.78 is 5.42. The van der Waals surface area contributed by atoms with Crippen LogP contribution in [0.1, 0.15) is 70.7 Å². The summed E-state index contributed by atoms with van der Waals surface area (Å²) in [6.07, 6.45) is 0. The van der Waals surface area contributed by atoms with Crippen molar-refractivity contribution in [1.82, 2.24) is 21.7 Å². The summed E-state index contributed by atoms with van der Waals surface area (Å²) in [5.41, 5.74) is 35.7. The van der Waals surface area contributed by atoms with Gasteiger partial charge >= 0.3 is 0 Å². The molecule has 0 saturated carbocycles. The highest BCUT2D eigenvalue weighted by molar-refractivity contribution is 6.12. The van der Waals surface area contributed by atoms with Gasteiger partial charge < -0.3 is 38.3 Å². The highest BCUT2D eigenvalue weighted by Gasteiger charge is 2.17. The molecule has 0 atom stereocenters. The first-order valence-electron chi connectivity index (χ1n) is 15.7. The van der Waals surface area contributed by atoms with Crippen molar-refractivity contribution in [1.29, 1.82) is 21.6 Å². The van der Waals surface area contributed by atoms with Crippen LogP contribution < -0.4 is 60.0 Å². The number of carbonyl (C=O) groups excluding carboxylic acids is 2. The van der Waals surface area contributed by atoms with E-state index >= 15 is 0 Å². The Labute approximate surface area is 309 Å². The van der Waals surface area contributed by atoms with Crippen LogP contribution in [0.5, 0.6) is 5.75 Å². The maximum absolute atomic E-state index is 13.7. The average molecular weight is 739 g/mol. The van der Waals surface area contributed by atoms with Gasteiger partial charge in [0.2, 0.25) is 23.8 Å². The van der Waals surface area contributed by atoms with Crippen LogP contribution in [0.25, 0.3) is 0 Å². The number of carbonyl (C=O) groups is 2. The Balaban J connectivity index is 2.02. The van der Waals surface area contributed by atoms with Crippen LogP contribution in [0, 0.1) is 21.6 Å². The second-order valence-electron chi connectivity index (χ2n) is 11.3. The highest BCUT2D eigenvalue weighted by Crippen LogP contribution is 2.23. The van der Waals surface area contributed by atoms with Crippen molar-refractivity contribution in [2.24, 2.45) is 43.3 Å². The van der Waals surface area contributed by atoms with Gasteiger partial charge in [0.1, 0.15) is 5.75 Å². The lowest BCUT2D eigenvalue weighted by Gasteiger charge is -2.14. The van der Waals surface area contributed by atoms with Crippen LogP contribution in [0.4, 0.5) is 11.4 Å². The van der Waals surface area contributed by atoms with Gasteiger partial charge in [-0.1, -0.05) is 0 Å². The fraction of sp³-hybridized carbons (Fsp3) is 0.152. The quantitative estimate of drug-likeness (QED) is 0.0667. The number of hydrogen-bond donors (Lipinski definition) is 14. The van der Waals surface area contributed by atoms with E-state index in [4.69, 9.17) is 49.3 Å². The van der Waals surface area contributed by atoms with Gasteiger partial charge in [-0.05, 0) is 82.3 Å². The van der Waals surface area contributed by atoms with Gasteiger partial charge in [0.05, 0.1) is 30.0 Å². The molecule has 0 aliphatic heterocycles. The van der Waals surface area contributed by atoms with Crippen LogP contribution in [-0.4, -0.2) is 65.6 Å². The molecular formula is C33H42N18O3. The van der Waals surface area contributed by atoms with E-state index in [0.717, 1.165) is 0 Å². The summed E-state index contributed by atoms with van der Waals surface area (Å²) in [6.45, 7) is 6.67. The molecule has 3 aromatic rings. The fourth-order valence-electron chi connectivity index (χ4n) is 4.46. The zero-order valence-electron chi connectivity index (χ0n) is 30.0. The summed E-state index contributed by atoms with van der Waals surface area (Å²) >= 11 is 0. The molecule has 0 aromatic heterocycles. The van der Waals surface area contributed by atoms with Crippen molar-refractivity contribution in [3.8, 4) is 5.75 Å². The lowest BCUT2D eigenvalue weighted by Crippen LogP contribution is -2.27. The van der Waals surface area contributed by atoms with Gasteiger partial charge in [0, 0.05) is 44.8 Å². The number of methoxy groups -OCH3 is 1. The Hall–Kier alpha value is -7.84. The molecule has 0 spiro atoms. The molecular weight excluding hydrogens is 696 g/mol. The van der Waals surface area contributed by atoms with Gasteiger partial charge in [-0.2, -0.15) is 20.4 Å². The van der Waals surface area contributed by atoms with Crippen molar-refractivity contribution in [3.63, 3.8) is 0 Å². The molecule has 54 heavy (non-hydrogen) atoms. The zero-order valence-corrected chi connectivity index (χ0v) is 30.0. The fourth-order valence-corrected chi connectivity index (χ4v) is 4.46. The predicted molar refractivity (Wildman–Crippen MR) is 211 cm³/mol. The van der Waals surface area contributed by atoms with Crippen molar-refractivity contribution >= 4 is 69.9 Å². The Morgan fingerprint density at radius 3 is 0.981 bits per heavy atom. The maximum Gasteiger partial charge on any atom is 0.255 e. The van der Waals surface area contributed by atoms with Crippen LogP contribution in [0.2, 0.25) is 0 Å². The van der Waals surface area contributed by atoms with Gasteiger partial charge in [-0.25, -0.2) is 21.7 Å². The minimum Gasteiger partial charge on any atom is -0.497 e. The lowest BCUT2D eigenvalue weighted by atomic mass is 10.0. The number of amides is 2. The number of ether oxygens (including phenoxy) is 1. The highest BCUT2D eigenvalue weighted by atomic mass is 16.5. The van der Waals surface area contributed by atoms with Crippen molar-refractivity contribution in [2.75, 3.05) is 17.7 Å². The van der Waals surface area contributed by atoms with Crippen molar-refractivity contribution in [3.05, 3.63) is 88.0 Å². The summed E-state index contributed by atoms with van der Waals surface area (Å²) in [6, 6.07) is 14.3. The summed E-state index contributed by atoms with van der Waals surface area (Å²) in [5, 5.41) is 51.6. The third kappa shape index (κ3) is 12.2. The number of guanidine groups is 4. The van der Waals surface area contributed by atoms with E-state index in [1.165, 1.54) is 25.3 Å². The average Bonchev–Trinajstić information content (AvgIpc) is 3.13. The first kappa shape index (κ1) is 40.6. The van der Waals surface area contributed by atoms with E-state index in [1.54, 1.807) is 64.1 Å². The molecule has 3 aromatic carbocycles. The van der Waals surface area contributed by atoms with E-state index in [-0.39, 0.29) is 40.7 Å². The maximum atomic E-state index is 13.7. The zero-order chi connectivity index (χ0) is 40.1. The topological polar surface area (TPSA) is 364 Å². The van der Waals surface area contributed by atoms with Gasteiger partial charge in [-0.3, -0.25) is 31.2 Å². The van der Waals surface area contributed by atoms with Crippen LogP contribution in [0.15, 0.2) is 75.0 Å². The minimum absolute atomic E-state index is 0.0877. The van der Waals surface area contributed by atoms with Crippen LogP contribution >= 0.6 is 0 Å². The SMILES string of the molecule is COc1cc(C(=O)Nc2cc(/C(C)=N\NC(=N)N)cc(/C(C)=N\NC(=N)N)c2)cc(C(=O)Nc2cc(/C(C)=N\NC(=N)N)cc(/C(C)=N/NC(=N)N)c2)c1. The molecule has 0 aliphatic rings. The Kier molecular flexibility index (Phi) is 13.8. The third-order valence-electron chi connectivity index (χ3n) is 7.10. The summed E-state index contributed by atoms with van der Waals surface area (Å²) in [4.78, 5) is 27.4. The minimum atomic E-state index is -0.585. The largest absolute Gasteiger partial charge is 0.497 e. The summed E-state index contributed by atoms with van der Waals surface area (Å²) in [5.74, 6) is -2.42. The number of rotatable bonds is 13.